The fraction of sp³-hybridized carbons (Fsp3) is 0.375. The molecule has 1 aromatic carbocycles. The molecule has 0 fully saturated rings. The molecule has 124 valence electrons. The van der Waals surface area contributed by atoms with Gasteiger partial charge in [-0.1, -0.05) is 12.2 Å². The van der Waals surface area contributed by atoms with E-state index in [0.29, 0.717) is 5.69 Å². The lowest BCUT2D eigenvalue weighted by atomic mass is 10.1. The number of halogens is 2. The number of allylic oxidation sites excluding steroid dienone is 2. The van der Waals surface area contributed by atoms with E-state index in [0.717, 1.165) is 12.8 Å². The van der Waals surface area contributed by atoms with Crippen LogP contribution in [-0.4, -0.2) is 25.1 Å². The number of anilines is 1. The first-order valence-electron chi connectivity index (χ1n) is 7.20. The van der Waals surface area contributed by atoms with Gasteiger partial charge < -0.3 is 14.8 Å². The van der Waals surface area contributed by atoms with Crippen molar-refractivity contribution in [3.63, 3.8) is 0 Å². The summed E-state index contributed by atoms with van der Waals surface area (Å²) in [5, 5.41) is 2.50. The Morgan fingerprint density at radius 1 is 1.26 bits per heavy atom. The molecule has 0 bridgehead atoms. The Kier molecular flexibility index (Phi) is 6.08. The topological polar surface area (TPSA) is 64.6 Å². The van der Waals surface area contributed by atoms with E-state index in [9.17, 15) is 18.4 Å². The van der Waals surface area contributed by atoms with Gasteiger partial charge in [0.05, 0.1) is 6.42 Å². The standard InChI is InChI=1S/C16H17F2NO4/c17-16(18)23-13-7-5-12(6-8-13)19-14(20)10-22-15(21)9-11-3-1-2-4-11/h1,3,5-8,11,16H,2,4,9-10H2,(H,19,20)/t11-/m1/s1. The van der Waals surface area contributed by atoms with Gasteiger partial charge >= 0.3 is 12.6 Å². The van der Waals surface area contributed by atoms with Crippen LogP contribution in [-0.2, 0) is 14.3 Å². The summed E-state index contributed by atoms with van der Waals surface area (Å²) >= 11 is 0. The number of hydrogen-bond donors (Lipinski definition) is 1. The number of rotatable bonds is 7. The van der Waals surface area contributed by atoms with E-state index in [4.69, 9.17) is 4.74 Å². The molecule has 0 spiro atoms. The number of nitrogens with one attached hydrogen (secondary N) is 1. The van der Waals surface area contributed by atoms with Crippen molar-refractivity contribution in [2.24, 2.45) is 5.92 Å². The van der Waals surface area contributed by atoms with E-state index in [1.54, 1.807) is 0 Å². The molecule has 1 aromatic rings. The van der Waals surface area contributed by atoms with Gasteiger partial charge in [0.2, 0.25) is 0 Å². The molecule has 0 radical (unpaired) electrons. The van der Waals surface area contributed by atoms with E-state index in [1.807, 2.05) is 12.2 Å². The van der Waals surface area contributed by atoms with E-state index in [-0.39, 0.29) is 24.7 Å². The van der Waals surface area contributed by atoms with Crippen LogP contribution in [0, 0.1) is 5.92 Å². The van der Waals surface area contributed by atoms with Gasteiger partial charge in [0, 0.05) is 5.69 Å². The summed E-state index contributed by atoms with van der Waals surface area (Å²) in [7, 11) is 0. The highest BCUT2D eigenvalue weighted by molar-refractivity contribution is 5.92. The Hall–Kier alpha value is -2.44. The molecule has 0 saturated carbocycles. The monoisotopic (exact) mass is 325 g/mol. The summed E-state index contributed by atoms with van der Waals surface area (Å²) in [6.45, 7) is -3.28. The van der Waals surface area contributed by atoms with Crippen molar-refractivity contribution in [2.75, 3.05) is 11.9 Å². The molecule has 0 unspecified atom stereocenters. The van der Waals surface area contributed by atoms with Crippen LogP contribution in [0.25, 0.3) is 0 Å². The minimum Gasteiger partial charge on any atom is -0.456 e. The number of alkyl halides is 2. The fourth-order valence-corrected chi connectivity index (χ4v) is 2.20. The minimum absolute atomic E-state index is 0.00551. The molecule has 1 aliphatic rings. The lowest BCUT2D eigenvalue weighted by Crippen LogP contribution is -2.21. The zero-order valence-corrected chi connectivity index (χ0v) is 12.3. The second kappa shape index (κ2) is 8.26. The van der Waals surface area contributed by atoms with Crippen molar-refractivity contribution >= 4 is 17.6 Å². The molecule has 1 aliphatic carbocycles. The molecule has 1 atom stereocenters. The summed E-state index contributed by atoms with van der Waals surface area (Å²) in [6, 6.07) is 5.45. The van der Waals surface area contributed by atoms with Gasteiger partial charge in [-0.3, -0.25) is 9.59 Å². The van der Waals surface area contributed by atoms with Crippen LogP contribution in [0.2, 0.25) is 0 Å². The van der Waals surface area contributed by atoms with Crippen LogP contribution < -0.4 is 10.1 Å². The highest BCUT2D eigenvalue weighted by Crippen LogP contribution is 2.21. The first-order valence-corrected chi connectivity index (χ1v) is 7.20. The van der Waals surface area contributed by atoms with Crippen molar-refractivity contribution in [1.82, 2.24) is 0 Å². The van der Waals surface area contributed by atoms with Crippen LogP contribution in [0.4, 0.5) is 14.5 Å². The Balaban J connectivity index is 1.71. The quantitative estimate of drug-likeness (QED) is 0.618. The third kappa shape index (κ3) is 6.06. The second-order valence-electron chi connectivity index (χ2n) is 5.08. The SMILES string of the molecule is O=C(COC(=O)C[C@@H]1C=CCC1)Nc1ccc(OC(F)F)cc1. The van der Waals surface area contributed by atoms with Crippen LogP contribution in [0.5, 0.6) is 5.75 Å². The van der Waals surface area contributed by atoms with Gasteiger partial charge in [0.15, 0.2) is 6.61 Å². The Bertz CT molecular complexity index is 572. The summed E-state index contributed by atoms with van der Waals surface area (Å²) in [4.78, 5) is 23.2. The Morgan fingerprint density at radius 3 is 2.61 bits per heavy atom. The number of benzene rings is 1. The second-order valence-corrected chi connectivity index (χ2v) is 5.08. The summed E-state index contributed by atoms with van der Waals surface area (Å²) < 4.78 is 33.1. The average molecular weight is 325 g/mol. The van der Waals surface area contributed by atoms with Crippen LogP contribution in [0.3, 0.4) is 0 Å². The molecule has 0 aromatic heterocycles. The number of carbonyl (C=O) groups is 2. The normalized spacial score (nSPS) is 16.4. The Labute approximate surface area is 132 Å². The maximum Gasteiger partial charge on any atom is 0.387 e. The third-order valence-corrected chi connectivity index (χ3v) is 3.27. The van der Waals surface area contributed by atoms with Gasteiger partial charge in [-0.05, 0) is 43.0 Å². The molecule has 0 saturated heterocycles. The highest BCUT2D eigenvalue weighted by Gasteiger charge is 2.16. The molecule has 1 amide bonds. The smallest absolute Gasteiger partial charge is 0.387 e. The summed E-state index contributed by atoms with van der Waals surface area (Å²) in [5.74, 6) is -0.734. The number of amides is 1. The zero-order chi connectivity index (χ0) is 16.7. The highest BCUT2D eigenvalue weighted by atomic mass is 19.3. The minimum atomic E-state index is -2.90. The Morgan fingerprint density at radius 2 is 2.00 bits per heavy atom. The number of carbonyl (C=O) groups excluding carboxylic acids is 2. The van der Waals surface area contributed by atoms with Crippen LogP contribution >= 0.6 is 0 Å². The number of esters is 1. The molecular weight excluding hydrogens is 308 g/mol. The molecule has 5 nitrogen and oxygen atoms in total. The van der Waals surface area contributed by atoms with Gasteiger partial charge in [0.25, 0.3) is 5.91 Å². The van der Waals surface area contributed by atoms with E-state index >= 15 is 0 Å². The van der Waals surface area contributed by atoms with Crippen molar-refractivity contribution < 1.29 is 27.8 Å². The lowest BCUT2D eigenvalue weighted by Gasteiger charge is -2.09. The van der Waals surface area contributed by atoms with E-state index < -0.39 is 18.5 Å². The van der Waals surface area contributed by atoms with E-state index in [1.165, 1.54) is 24.3 Å². The maximum absolute atomic E-state index is 12.0. The largest absolute Gasteiger partial charge is 0.456 e. The van der Waals surface area contributed by atoms with Crippen LogP contribution in [0.15, 0.2) is 36.4 Å². The molecule has 0 heterocycles. The summed E-state index contributed by atoms with van der Waals surface area (Å²) in [5.41, 5.74) is 0.395. The lowest BCUT2D eigenvalue weighted by molar-refractivity contribution is -0.147. The van der Waals surface area contributed by atoms with Gasteiger partial charge in [-0.2, -0.15) is 8.78 Å². The van der Waals surface area contributed by atoms with Crippen molar-refractivity contribution in [2.45, 2.75) is 25.9 Å². The van der Waals surface area contributed by atoms with Gasteiger partial charge in [0.1, 0.15) is 5.75 Å². The predicted molar refractivity (Wildman–Crippen MR) is 79.1 cm³/mol. The molecular formula is C16H17F2NO4. The molecule has 23 heavy (non-hydrogen) atoms. The van der Waals surface area contributed by atoms with Gasteiger partial charge in [-0.15, -0.1) is 0 Å². The number of hydrogen-bond acceptors (Lipinski definition) is 4. The van der Waals surface area contributed by atoms with Crippen molar-refractivity contribution in [1.29, 1.82) is 0 Å². The fourth-order valence-electron chi connectivity index (χ4n) is 2.20. The molecule has 0 aliphatic heterocycles. The molecule has 1 N–H and O–H groups in total. The first kappa shape index (κ1) is 16.9. The predicted octanol–water partition coefficient (Wildman–Crippen LogP) is 3.13. The number of ether oxygens (including phenoxy) is 2. The zero-order valence-electron chi connectivity index (χ0n) is 12.3. The molecule has 2 rings (SSSR count). The van der Waals surface area contributed by atoms with Crippen LogP contribution in [0.1, 0.15) is 19.3 Å². The van der Waals surface area contributed by atoms with Gasteiger partial charge in [-0.25, -0.2) is 0 Å². The summed E-state index contributed by atoms with van der Waals surface area (Å²) in [6.07, 6.45) is 6.15. The third-order valence-electron chi connectivity index (χ3n) is 3.27. The van der Waals surface area contributed by atoms with E-state index in [2.05, 4.69) is 10.1 Å². The first-order chi connectivity index (χ1) is 11.0. The average Bonchev–Trinajstić information content (AvgIpc) is 2.99. The van der Waals surface area contributed by atoms with Crippen molar-refractivity contribution in [3.8, 4) is 5.75 Å². The van der Waals surface area contributed by atoms with Crippen molar-refractivity contribution in [3.05, 3.63) is 36.4 Å². The maximum atomic E-state index is 12.0. The molecule has 7 heteroatoms.